The molecule has 0 bridgehead atoms. The van der Waals surface area contributed by atoms with E-state index >= 15 is 0 Å². The molecule has 0 saturated carbocycles. The van der Waals surface area contributed by atoms with Crippen molar-refractivity contribution in [1.82, 2.24) is 5.43 Å². The van der Waals surface area contributed by atoms with Gasteiger partial charge in [-0.1, -0.05) is 29.3 Å². The summed E-state index contributed by atoms with van der Waals surface area (Å²) in [5.74, 6) is 5.61. The maximum Gasteiger partial charge on any atom is 0.147 e. The predicted octanol–water partition coefficient (Wildman–Crippen LogP) is 2.32. The van der Waals surface area contributed by atoms with Gasteiger partial charge in [0.25, 0.3) is 0 Å². The van der Waals surface area contributed by atoms with Gasteiger partial charge < -0.3 is 0 Å². The van der Waals surface area contributed by atoms with Gasteiger partial charge in [-0.3, -0.25) is 11.3 Å². The normalized spacial score (nSPS) is 13.6. The van der Waals surface area contributed by atoms with E-state index in [0.29, 0.717) is 22.9 Å². The fourth-order valence-corrected chi connectivity index (χ4v) is 2.62. The minimum atomic E-state index is -2.94. The van der Waals surface area contributed by atoms with Crippen molar-refractivity contribution in [2.75, 3.05) is 12.0 Å². The van der Waals surface area contributed by atoms with E-state index in [0.717, 1.165) is 5.56 Å². The molecule has 1 aromatic carbocycles. The molecule has 0 aliphatic rings. The lowest BCUT2D eigenvalue weighted by Gasteiger charge is -2.16. The first-order chi connectivity index (χ1) is 8.33. The minimum Gasteiger partial charge on any atom is -0.271 e. The summed E-state index contributed by atoms with van der Waals surface area (Å²) in [6, 6.07) is 5.11. The van der Waals surface area contributed by atoms with Gasteiger partial charge in [-0.2, -0.15) is 0 Å². The Bertz CT molecular complexity index is 506. The van der Waals surface area contributed by atoms with Gasteiger partial charge in [0.15, 0.2) is 0 Å². The smallest absolute Gasteiger partial charge is 0.147 e. The fourth-order valence-electron chi connectivity index (χ4n) is 1.62. The summed E-state index contributed by atoms with van der Waals surface area (Å²) in [5.41, 5.74) is 3.54. The maximum absolute atomic E-state index is 11.0. The zero-order valence-corrected chi connectivity index (χ0v) is 12.3. The third kappa shape index (κ3) is 5.12. The molecule has 102 valence electrons. The molecule has 18 heavy (non-hydrogen) atoms. The number of hydrogen-bond acceptors (Lipinski definition) is 4. The van der Waals surface area contributed by atoms with Crippen LogP contribution in [0.25, 0.3) is 0 Å². The van der Waals surface area contributed by atoms with Gasteiger partial charge in [0.05, 0.1) is 10.0 Å². The van der Waals surface area contributed by atoms with E-state index < -0.39 is 9.84 Å². The topological polar surface area (TPSA) is 72.2 Å². The molecule has 0 spiro atoms. The van der Waals surface area contributed by atoms with E-state index in [1.807, 2.05) is 6.07 Å². The molecule has 1 unspecified atom stereocenters. The van der Waals surface area contributed by atoms with E-state index in [1.165, 1.54) is 6.26 Å². The minimum absolute atomic E-state index is 0.137. The number of benzene rings is 1. The van der Waals surface area contributed by atoms with Crippen molar-refractivity contribution >= 4 is 33.0 Å². The van der Waals surface area contributed by atoms with Crippen molar-refractivity contribution in [1.29, 1.82) is 0 Å². The summed E-state index contributed by atoms with van der Waals surface area (Å²) in [4.78, 5) is 0. The highest BCUT2D eigenvalue weighted by atomic mass is 35.5. The van der Waals surface area contributed by atoms with Crippen molar-refractivity contribution in [3.05, 3.63) is 33.8 Å². The van der Waals surface area contributed by atoms with Gasteiger partial charge in [-0.05, 0) is 30.5 Å². The Kier molecular flexibility index (Phi) is 5.88. The molecule has 0 aliphatic heterocycles. The molecule has 0 aliphatic carbocycles. The number of rotatable bonds is 6. The SMILES string of the molecule is CS(=O)(=O)CCCC(NN)c1ccc(Cl)c(Cl)c1. The molecular formula is C11H16Cl2N2O2S. The van der Waals surface area contributed by atoms with Crippen LogP contribution in [0.4, 0.5) is 0 Å². The first-order valence-electron chi connectivity index (χ1n) is 5.42. The second-order valence-electron chi connectivity index (χ2n) is 4.16. The van der Waals surface area contributed by atoms with Gasteiger partial charge in [-0.15, -0.1) is 0 Å². The Labute approximate surface area is 117 Å². The predicted molar refractivity (Wildman–Crippen MR) is 75.5 cm³/mol. The number of sulfone groups is 1. The summed E-state index contributed by atoms with van der Waals surface area (Å²) in [5, 5.41) is 0.935. The van der Waals surface area contributed by atoms with Gasteiger partial charge in [0.1, 0.15) is 9.84 Å². The average Bonchev–Trinajstić information content (AvgIpc) is 2.27. The average molecular weight is 311 g/mol. The molecule has 1 aromatic rings. The lowest BCUT2D eigenvalue weighted by atomic mass is 10.0. The zero-order valence-electron chi connectivity index (χ0n) is 9.99. The number of hydrogen-bond donors (Lipinski definition) is 2. The summed E-state index contributed by atoms with van der Waals surface area (Å²) >= 11 is 11.8. The van der Waals surface area contributed by atoms with Crippen LogP contribution in [0.5, 0.6) is 0 Å². The largest absolute Gasteiger partial charge is 0.271 e. The molecule has 1 rings (SSSR count). The Morgan fingerprint density at radius 3 is 2.50 bits per heavy atom. The highest BCUT2D eigenvalue weighted by Crippen LogP contribution is 2.27. The number of halogens is 2. The van der Waals surface area contributed by atoms with Crippen LogP contribution >= 0.6 is 23.2 Å². The van der Waals surface area contributed by atoms with Gasteiger partial charge in [0, 0.05) is 18.1 Å². The molecule has 0 fully saturated rings. The van der Waals surface area contributed by atoms with Crippen LogP contribution in [-0.2, 0) is 9.84 Å². The van der Waals surface area contributed by atoms with E-state index in [-0.39, 0.29) is 11.8 Å². The third-order valence-corrected chi connectivity index (χ3v) is 4.32. The standard InChI is InChI=1S/C11H16Cl2N2O2S/c1-18(16,17)6-2-3-11(15-14)8-4-5-9(12)10(13)7-8/h4-5,7,11,15H,2-3,6,14H2,1H3. The maximum atomic E-state index is 11.0. The molecule has 1 atom stereocenters. The van der Waals surface area contributed by atoms with Crippen molar-refractivity contribution in [2.24, 2.45) is 5.84 Å². The van der Waals surface area contributed by atoms with Crippen molar-refractivity contribution in [3.8, 4) is 0 Å². The Balaban J connectivity index is 2.68. The van der Waals surface area contributed by atoms with E-state index in [4.69, 9.17) is 29.0 Å². The van der Waals surface area contributed by atoms with Crippen LogP contribution in [0.15, 0.2) is 18.2 Å². The Morgan fingerprint density at radius 1 is 1.33 bits per heavy atom. The molecule has 0 saturated heterocycles. The quantitative estimate of drug-likeness (QED) is 0.625. The lowest BCUT2D eigenvalue weighted by Crippen LogP contribution is -2.28. The number of nitrogens with one attached hydrogen (secondary N) is 1. The lowest BCUT2D eigenvalue weighted by molar-refractivity contribution is 0.507. The summed E-state index contributed by atoms with van der Waals surface area (Å²) in [6.07, 6.45) is 2.37. The van der Waals surface area contributed by atoms with Crippen LogP contribution in [0.1, 0.15) is 24.4 Å². The molecule has 0 heterocycles. The molecule has 4 nitrogen and oxygen atoms in total. The van der Waals surface area contributed by atoms with Crippen LogP contribution in [0.2, 0.25) is 10.0 Å². The van der Waals surface area contributed by atoms with Gasteiger partial charge >= 0.3 is 0 Å². The monoisotopic (exact) mass is 310 g/mol. The third-order valence-electron chi connectivity index (χ3n) is 2.56. The summed E-state index contributed by atoms with van der Waals surface area (Å²) in [6.45, 7) is 0. The molecule has 0 amide bonds. The fraction of sp³-hybridized carbons (Fsp3) is 0.455. The van der Waals surface area contributed by atoms with Crippen LogP contribution < -0.4 is 11.3 Å². The molecule has 7 heteroatoms. The van der Waals surface area contributed by atoms with Crippen LogP contribution in [-0.4, -0.2) is 20.4 Å². The van der Waals surface area contributed by atoms with Crippen LogP contribution in [0, 0.1) is 0 Å². The second kappa shape index (κ2) is 6.73. The first kappa shape index (κ1) is 15.7. The van der Waals surface area contributed by atoms with E-state index in [1.54, 1.807) is 12.1 Å². The summed E-state index contributed by atoms with van der Waals surface area (Å²) in [7, 11) is -2.94. The highest BCUT2D eigenvalue weighted by molar-refractivity contribution is 7.90. The summed E-state index contributed by atoms with van der Waals surface area (Å²) < 4.78 is 22.1. The van der Waals surface area contributed by atoms with Gasteiger partial charge in [-0.25, -0.2) is 8.42 Å². The number of hydrazine groups is 1. The molecular weight excluding hydrogens is 295 g/mol. The molecule has 0 radical (unpaired) electrons. The second-order valence-corrected chi connectivity index (χ2v) is 7.24. The van der Waals surface area contributed by atoms with Crippen LogP contribution in [0.3, 0.4) is 0 Å². The van der Waals surface area contributed by atoms with Gasteiger partial charge in [0.2, 0.25) is 0 Å². The Hall–Kier alpha value is -0.330. The zero-order chi connectivity index (χ0) is 13.8. The van der Waals surface area contributed by atoms with Crippen molar-refractivity contribution < 1.29 is 8.42 Å². The first-order valence-corrected chi connectivity index (χ1v) is 8.24. The Morgan fingerprint density at radius 2 is 2.00 bits per heavy atom. The van der Waals surface area contributed by atoms with E-state index in [2.05, 4.69) is 5.43 Å². The van der Waals surface area contributed by atoms with Crippen molar-refractivity contribution in [2.45, 2.75) is 18.9 Å². The highest BCUT2D eigenvalue weighted by Gasteiger charge is 2.12. The molecule has 0 aromatic heterocycles. The number of nitrogens with two attached hydrogens (primary N) is 1. The van der Waals surface area contributed by atoms with Crippen molar-refractivity contribution in [3.63, 3.8) is 0 Å². The molecule has 3 N–H and O–H groups in total. The van der Waals surface area contributed by atoms with E-state index in [9.17, 15) is 8.42 Å².